The molecule has 0 bridgehead atoms. The molecule has 0 aliphatic rings. The second-order valence-corrected chi connectivity index (χ2v) is 2.10. The maximum atomic E-state index is 10.3. The molecular formula is C6H9NO2. The SMILES string of the molecule is CC[C@](C)(C#N)C(=O)O. The number of hydrogen-bond donors (Lipinski definition) is 1. The van der Waals surface area contributed by atoms with Gasteiger partial charge in [0.05, 0.1) is 6.07 Å². The fourth-order valence-electron chi connectivity index (χ4n) is 0.278. The van der Waals surface area contributed by atoms with Gasteiger partial charge in [-0.15, -0.1) is 0 Å². The van der Waals surface area contributed by atoms with Gasteiger partial charge < -0.3 is 5.11 Å². The van der Waals surface area contributed by atoms with Crippen molar-refractivity contribution in [2.75, 3.05) is 0 Å². The van der Waals surface area contributed by atoms with Crippen LogP contribution in [0, 0.1) is 16.7 Å². The molecule has 0 saturated carbocycles. The zero-order chi connectivity index (χ0) is 7.49. The van der Waals surface area contributed by atoms with Crippen molar-refractivity contribution in [1.82, 2.24) is 0 Å². The molecule has 0 spiro atoms. The van der Waals surface area contributed by atoms with Gasteiger partial charge in [-0.25, -0.2) is 0 Å². The van der Waals surface area contributed by atoms with Gasteiger partial charge in [0, 0.05) is 0 Å². The highest BCUT2D eigenvalue weighted by atomic mass is 16.4. The molecule has 0 aliphatic carbocycles. The number of nitriles is 1. The van der Waals surface area contributed by atoms with E-state index >= 15 is 0 Å². The van der Waals surface area contributed by atoms with Crippen LogP contribution in [0.1, 0.15) is 20.3 Å². The molecule has 3 heteroatoms. The Morgan fingerprint density at radius 3 is 2.33 bits per heavy atom. The van der Waals surface area contributed by atoms with E-state index in [1.807, 2.05) is 0 Å². The number of aliphatic carboxylic acids is 1. The summed E-state index contributed by atoms with van der Waals surface area (Å²) in [6, 6.07) is 1.73. The molecule has 9 heavy (non-hydrogen) atoms. The minimum Gasteiger partial charge on any atom is -0.480 e. The Kier molecular flexibility index (Phi) is 2.20. The highest BCUT2D eigenvalue weighted by molar-refractivity contribution is 5.77. The molecule has 0 radical (unpaired) electrons. The van der Waals surface area contributed by atoms with Crippen LogP contribution in [-0.4, -0.2) is 11.1 Å². The van der Waals surface area contributed by atoms with Gasteiger partial charge in [0.2, 0.25) is 0 Å². The van der Waals surface area contributed by atoms with E-state index in [1.165, 1.54) is 6.92 Å². The minimum absolute atomic E-state index is 0.346. The van der Waals surface area contributed by atoms with Crippen molar-refractivity contribution in [2.45, 2.75) is 20.3 Å². The van der Waals surface area contributed by atoms with Crippen molar-refractivity contribution < 1.29 is 9.90 Å². The molecule has 0 amide bonds. The van der Waals surface area contributed by atoms with Crippen LogP contribution in [0.4, 0.5) is 0 Å². The third kappa shape index (κ3) is 1.43. The van der Waals surface area contributed by atoms with Gasteiger partial charge >= 0.3 is 5.97 Å². The van der Waals surface area contributed by atoms with E-state index in [2.05, 4.69) is 0 Å². The Morgan fingerprint density at radius 1 is 1.89 bits per heavy atom. The summed E-state index contributed by atoms with van der Waals surface area (Å²) in [6.07, 6.45) is 0.346. The molecule has 0 rings (SSSR count). The van der Waals surface area contributed by atoms with Crippen LogP contribution in [0.3, 0.4) is 0 Å². The smallest absolute Gasteiger partial charge is 0.323 e. The molecule has 0 aromatic rings. The Hall–Kier alpha value is -1.04. The van der Waals surface area contributed by atoms with Crippen molar-refractivity contribution in [2.24, 2.45) is 5.41 Å². The van der Waals surface area contributed by atoms with Crippen LogP contribution in [0.15, 0.2) is 0 Å². The summed E-state index contributed by atoms with van der Waals surface area (Å²) in [6.45, 7) is 3.09. The van der Waals surface area contributed by atoms with Crippen LogP contribution >= 0.6 is 0 Å². The summed E-state index contributed by atoms with van der Waals surface area (Å²) < 4.78 is 0. The van der Waals surface area contributed by atoms with Crippen LogP contribution < -0.4 is 0 Å². The number of carbonyl (C=O) groups is 1. The van der Waals surface area contributed by atoms with Gasteiger partial charge in [-0.2, -0.15) is 5.26 Å². The fraction of sp³-hybridized carbons (Fsp3) is 0.667. The van der Waals surface area contributed by atoms with Crippen molar-refractivity contribution in [3.8, 4) is 6.07 Å². The Morgan fingerprint density at radius 2 is 2.33 bits per heavy atom. The normalized spacial score (nSPS) is 15.7. The molecule has 0 unspecified atom stereocenters. The first kappa shape index (κ1) is 7.96. The predicted molar refractivity (Wildman–Crippen MR) is 31.6 cm³/mol. The number of rotatable bonds is 2. The van der Waals surface area contributed by atoms with Crippen molar-refractivity contribution in [3.63, 3.8) is 0 Å². The maximum Gasteiger partial charge on any atom is 0.323 e. The molecule has 0 aliphatic heterocycles. The first-order valence-electron chi connectivity index (χ1n) is 2.71. The third-order valence-electron chi connectivity index (χ3n) is 1.43. The second kappa shape index (κ2) is 2.49. The number of carboxylic acids is 1. The third-order valence-corrected chi connectivity index (χ3v) is 1.43. The lowest BCUT2D eigenvalue weighted by atomic mass is 9.90. The van der Waals surface area contributed by atoms with Crippen molar-refractivity contribution in [1.29, 1.82) is 5.26 Å². The average molecular weight is 127 g/mol. The summed E-state index contributed by atoms with van der Waals surface area (Å²) in [7, 11) is 0. The average Bonchev–Trinajstić information content (AvgIpc) is 1.86. The molecule has 3 nitrogen and oxygen atoms in total. The quantitative estimate of drug-likeness (QED) is 0.602. The van der Waals surface area contributed by atoms with Crippen LogP contribution in [0.25, 0.3) is 0 Å². The summed E-state index contributed by atoms with van der Waals surface area (Å²) in [5, 5.41) is 16.7. The molecule has 1 N–H and O–H groups in total. The standard InChI is InChI=1S/C6H9NO2/c1-3-6(2,4-7)5(8)9/h3H2,1-2H3,(H,8,9)/t6-/m1/s1. The number of carboxylic acid groups (broad SMARTS) is 1. The van der Waals surface area contributed by atoms with E-state index in [1.54, 1.807) is 13.0 Å². The van der Waals surface area contributed by atoms with E-state index in [0.717, 1.165) is 0 Å². The lowest BCUT2D eigenvalue weighted by molar-refractivity contribution is -0.144. The van der Waals surface area contributed by atoms with Gasteiger partial charge in [-0.05, 0) is 13.3 Å². The highest BCUT2D eigenvalue weighted by Gasteiger charge is 2.30. The summed E-state index contributed by atoms with van der Waals surface area (Å²) in [4.78, 5) is 10.3. The molecule has 0 saturated heterocycles. The topological polar surface area (TPSA) is 61.1 Å². The van der Waals surface area contributed by atoms with Crippen LogP contribution in [0.5, 0.6) is 0 Å². The zero-order valence-corrected chi connectivity index (χ0v) is 5.51. The predicted octanol–water partition coefficient (Wildman–Crippen LogP) is 1.01. The van der Waals surface area contributed by atoms with Crippen molar-refractivity contribution >= 4 is 5.97 Å². The van der Waals surface area contributed by atoms with Crippen LogP contribution in [0.2, 0.25) is 0 Å². The fourth-order valence-corrected chi connectivity index (χ4v) is 0.278. The summed E-state index contributed by atoms with van der Waals surface area (Å²) in [5.41, 5.74) is -1.19. The second-order valence-electron chi connectivity index (χ2n) is 2.10. The first-order valence-corrected chi connectivity index (χ1v) is 2.71. The largest absolute Gasteiger partial charge is 0.480 e. The van der Waals surface area contributed by atoms with E-state index < -0.39 is 11.4 Å². The molecule has 1 atom stereocenters. The zero-order valence-electron chi connectivity index (χ0n) is 5.51. The summed E-state index contributed by atoms with van der Waals surface area (Å²) in [5.74, 6) is -1.05. The van der Waals surface area contributed by atoms with Gasteiger partial charge in [0.25, 0.3) is 0 Å². The molecule has 0 aromatic carbocycles. The molecule has 0 aromatic heterocycles. The number of hydrogen-bond acceptors (Lipinski definition) is 2. The van der Waals surface area contributed by atoms with Crippen molar-refractivity contribution in [3.05, 3.63) is 0 Å². The molecular weight excluding hydrogens is 118 g/mol. The summed E-state index contributed by atoms with van der Waals surface area (Å²) >= 11 is 0. The Balaban J connectivity index is 4.33. The van der Waals surface area contributed by atoms with E-state index in [-0.39, 0.29) is 0 Å². The molecule has 0 fully saturated rings. The number of nitrogens with zero attached hydrogens (tertiary/aromatic N) is 1. The first-order chi connectivity index (χ1) is 4.06. The molecule has 0 heterocycles. The van der Waals surface area contributed by atoms with Gasteiger partial charge in [0.1, 0.15) is 0 Å². The van der Waals surface area contributed by atoms with Crippen LogP contribution in [-0.2, 0) is 4.79 Å². The molecule has 50 valence electrons. The lowest BCUT2D eigenvalue weighted by Gasteiger charge is -2.10. The van der Waals surface area contributed by atoms with E-state index in [9.17, 15) is 4.79 Å². The van der Waals surface area contributed by atoms with E-state index in [4.69, 9.17) is 10.4 Å². The lowest BCUT2D eigenvalue weighted by Crippen LogP contribution is -2.24. The highest BCUT2D eigenvalue weighted by Crippen LogP contribution is 2.18. The van der Waals surface area contributed by atoms with Gasteiger partial charge in [-0.3, -0.25) is 4.79 Å². The van der Waals surface area contributed by atoms with Gasteiger partial charge in [0.15, 0.2) is 5.41 Å². The maximum absolute atomic E-state index is 10.3. The van der Waals surface area contributed by atoms with E-state index in [0.29, 0.717) is 6.42 Å². The Bertz CT molecular complexity index is 159. The minimum atomic E-state index is -1.19. The van der Waals surface area contributed by atoms with Gasteiger partial charge in [-0.1, -0.05) is 6.92 Å². The monoisotopic (exact) mass is 127 g/mol. The Labute approximate surface area is 53.9 Å².